The van der Waals surface area contributed by atoms with Crippen LogP contribution in [0.3, 0.4) is 0 Å². The number of amides is 2. The molecule has 3 N–H and O–H groups in total. The molecule has 1 heterocycles. The van der Waals surface area contributed by atoms with E-state index >= 15 is 0 Å². The third-order valence-electron chi connectivity index (χ3n) is 5.86. The van der Waals surface area contributed by atoms with E-state index in [0.29, 0.717) is 40.1 Å². The van der Waals surface area contributed by atoms with E-state index in [1.165, 1.54) is 7.11 Å². The van der Waals surface area contributed by atoms with Crippen LogP contribution >= 0.6 is 0 Å². The molecule has 0 spiro atoms. The van der Waals surface area contributed by atoms with Crippen molar-refractivity contribution in [3.8, 4) is 17.4 Å². The van der Waals surface area contributed by atoms with Gasteiger partial charge in [0.15, 0.2) is 0 Å². The fraction of sp³-hybridized carbons (Fsp3) is 0.222. The van der Waals surface area contributed by atoms with Gasteiger partial charge in [0.2, 0.25) is 11.8 Å². The highest BCUT2D eigenvalue weighted by Gasteiger charge is 2.31. The van der Waals surface area contributed by atoms with E-state index in [9.17, 15) is 18.0 Å². The molecule has 1 aliphatic carbocycles. The van der Waals surface area contributed by atoms with Gasteiger partial charge in [-0.05, 0) is 50.1 Å². The van der Waals surface area contributed by atoms with Crippen LogP contribution in [0.1, 0.15) is 24.1 Å². The number of benzene rings is 3. The van der Waals surface area contributed by atoms with Crippen molar-refractivity contribution in [2.75, 3.05) is 23.1 Å². The maximum Gasteiger partial charge on any atom is 0.416 e. The molecule has 1 aliphatic rings. The van der Waals surface area contributed by atoms with E-state index in [1.807, 2.05) is 19.1 Å². The zero-order chi connectivity index (χ0) is 26.9. The number of alkyl halides is 3. The van der Waals surface area contributed by atoms with Gasteiger partial charge in [-0.3, -0.25) is 0 Å². The molecule has 0 aliphatic heterocycles. The number of anilines is 3. The summed E-state index contributed by atoms with van der Waals surface area (Å²) in [6, 6.07) is 14.9. The summed E-state index contributed by atoms with van der Waals surface area (Å²) in [6.07, 6.45) is -2.40. The van der Waals surface area contributed by atoms with Gasteiger partial charge in [0.05, 0.1) is 24.0 Å². The lowest BCUT2D eigenvalue weighted by molar-refractivity contribution is -0.137. The first-order valence-electron chi connectivity index (χ1n) is 11.8. The molecule has 1 saturated carbocycles. The summed E-state index contributed by atoms with van der Waals surface area (Å²) in [4.78, 5) is 21.6. The van der Waals surface area contributed by atoms with E-state index < -0.39 is 17.8 Å². The van der Waals surface area contributed by atoms with Gasteiger partial charge >= 0.3 is 12.2 Å². The number of hydrogen-bond donors (Lipinski definition) is 3. The number of ether oxygens (including phenoxy) is 2. The van der Waals surface area contributed by atoms with E-state index in [1.54, 1.807) is 30.3 Å². The van der Waals surface area contributed by atoms with Crippen LogP contribution in [-0.2, 0) is 6.18 Å². The van der Waals surface area contributed by atoms with E-state index in [0.717, 1.165) is 36.7 Å². The second kappa shape index (κ2) is 10.1. The molecule has 8 nitrogen and oxygen atoms in total. The topological polar surface area (TPSA) is 97.4 Å². The van der Waals surface area contributed by atoms with Gasteiger partial charge in [-0.25, -0.2) is 9.78 Å². The van der Waals surface area contributed by atoms with Gasteiger partial charge in [0.1, 0.15) is 11.5 Å². The fourth-order valence-electron chi connectivity index (χ4n) is 3.91. The number of nitrogens with one attached hydrogen (secondary N) is 3. The number of methoxy groups -OCH3 is 1. The summed E-state index contributed by atoms with van der Waals surface area (Å²) in [5.74, 6) is 1.49. The van der Waals surface area contributed by atoms with Crippen molar-refractivity contribution in [3.63, 3.8) is 0 Å². The SMILES string of the molecule is COc1ccc(C(F)(F)F)cc1NC(=O)Nc1ccc(Oc2cc(C)nc(NC3CC3)n2)c2ccccc12. The van der Waals surface area contributed by atoms with Crippen molar-refractivity contribution in [1.29, 1.82) is 0 Å². The number of hydrogen-bond acceptors (Lipinski definition) is 6. The quantitative estimate of drug-likeness (QED) is 0.242. The lowest BCUT2D eigenvalue weighted by Crippen LogP contribution is -2.20. The highest BCUT2D eigenvalue weighted by Crippen LogP contribution is 2.36. The van der Waals surface area contributed by atoms with Crippen molar-refractivity contribution in [1.82, 2.24) is 9.97 Å². The Morgan fingerprint density at radius 1 is 0.921 bits per heavy atom. The molecule has 0 unspecified atom stereocenters. The Bertz CT molecular complexity index is 1510. The zero-order valence-electron chi connectivity index (χ0n) is 20.5. The molecule has 38 heavy (non-hydrogen) atoms. The largest absolute Gasteiger partial charge is 0.495 e. The Balaban J connectivity index is 1.38. The van der Waals surface area contributed by atoms with Crippen LogP contribution < -0.4 is 25.4 Å². The van der Waals surface area contributed by atoms with Crippen LogP contribution in [0.25, 0.3) is 10.8 Å². The average molecular weight is 524 g/mol. The highest BCUT2D eigenvalue weighted by atomic mass is 19.4. The number of halogens is 3. The minimum Gasteiger partial charge on any atom is -0.495 e. The van der Waals surface area contributed by atoms with Gasteiger partial charge in [-0.15, -0.1) is 0 Å². The summed E-state index contributed by atoms with van der Waals surface area (Å²) in [5, 5.41) is 9.78. The molecule has 1 aromatic heterocycles. The minimum atomic E-state index is -4.57. The Hall–Kier alpha value is -4.54. The van der Waals surface area contributed by atoms with Gasteiger partial charge in [-0.2, -0.15) is 18.2 Å². The van der Waals surface area contributed by atoms with Crippen LogP contribution in [0.15, 0.2) is 60.7 Å². The summed E-state index contributed by atoms with van der Waals surface area (Å²) < 4.78 is 50.7. The summed E-state index contributed by atoms with van der Waals surface area (Å²) in [7, 11) is 1.31. The average Bonchev–Trinajstić information content (AvgIpc) is 3.68. The molecular formula is C27H24F3N5O3. The van der Waals surface area contributed by atoms with Crippen LogP contribution in [0, 0.1) is 6.92 Å². The number of carbonyl (C=O) groups excluding carboxylic acids is 1. The maximum absolute atomic E-state index is 13.2. The van der Waals surface area contributed by atoms with E-state index in [2.05, 4.69) is 25.9 Å². The molecule has 0 radical (unpaired) electrons. The molecule has 4 aromatic rings. The number of aryl methyl sites for hydroxylation is 1. The van der Waals surface area contributed by atoms with Crippen LogP contribution in [-0.4, -0.2) is 29.2 Å². The second-order valence-corrected chi connectivity index (χ2v) is 8.84. The predicted molar refractivity (Wildman–Crippen MR) is 138 cm³/mol. The third-order valence-corrected chi connectivity index (χ3v) is 5.86. The van der Waals surface area contributed by atoms with Crippen LogP contribution in [0.2, 0.25) is 0 Å². The number of carbonyl (C=O) groups is 1. The highest BCUT2D eigenvalue weighted by molar-refractivity contribution is 6.08. The summed E-state index contributed by atoms with van der Waals surface area (Å²) in [6.45, 7) is 1.86. The first-order valence-corrected chi connectivity index (χ1v) is 11.8. The van der Waals surface area contributed by atoms with Crippen molar-refractivity contribution in [2.45, 2.75) is 32.0 Å². The normalized spacial score (nSPS) is 13.2. The molecule has 11 heteroatoms. The lowest BCUT2D eigenvalue weighted by Gasteiger charge is -2.16. The number of fused-ring (bicyclic) bond motifs is 1. The van der Waals surface area contributed by atoms with Gasteiger partial charge in [0, 0.05) is 28.6 Å². The molecule has 196 valence electrons. The minimum absolute atomic E-state index is 0.0949. The standard InChI is InChI=1S/C27H24F3N5O3/c1-15-13-24(35-25(31-15)32-17-8-9-17)38-22-12-10-20(18-5-3-4-6-19(18)22)33-26(36)34-21-14-16(27(28,29)30)7-11-23(21)37-2/h3-7,10-14,17H,8-9H2,1-2H3,(H,31,32,35)(H2,33,34,36). The van der Waals surface area contributed by atoms with E-state index in [-0.39, 0.29) is 11.4 Å². The van der Waals surface area contributed by atoms with Crippen LogP contribution in [0.5, 0.6) is 17.4 Å². The van der Waals surface area contributed by atoms with Crippen LogP contribution in [0.4, 0.5) is 35.3 Å². The Kier molecular flexibility index (Phi) is 6.66. The monoisotopic (exact) mass is 523 g/mol. The molecule has 2 amide bonds. The Morgan fingerprint density at radius 3 is 2.34 bits per heavy atom. The van der Waals surface area contributed by atoms with Gasteiger partial charge in [0.25, 0.3) is 0 Å². The first-order chi connectivity index (χ1) is 18.2. The molecule has 1 fully saturated rings. The number of aromatic nitrogens is 2. The Labute approximate surface area is 216 Å². The molecule has 3 aromatic carbocycles. The fourth-order valence-corrected chi connectivity index (χ4v) is 3.91. The van der Waals surface area contributed by atoms with Crippen molar-refractivity contribution >= 4 is 34.1 Å². The van der Waals surface area contributed by atoms with Gasteiger partial charge in [-0.1, -0.05) is 24.3 Å². The molecule has 0 atom stereocenters. The lowest BCUT2D eigenvalue weighted by atomic mass is 10.1. The smallest absolute Gasteiger partial charge is 0.416 e. The predicted octanol–water partition coefficient (Wildman–Crippen LogP) is 6.98. The molecule has 5 rings (SSSR count). The molecular weight excluding hydrogens is 499 g/mol. The molecule has 0 saturated heterocycles. The summed E-state index contributed by atoms with van der Waals surface area (Å²) >= 11 is 0. The third kappa shape index (κ3) is 5.72. The van der Waals surface area contributed by atoms with Crippen molar-refractivity contribution < 1.29 is 27.4 Å². The number of nitrogens with zero attached hydrogens (tertiary/aromatic N) is 2. The first kappa shape index (κ1) is 25.1. The molecule has 0 bridgehead atoms. The zero-order valence-corrected chi connectivity index (χ0v) is 20.5. The maximum atomic E-state index is 13.2. The van der Waals surface area contributed by atoms with Crippen molar-refractivity contribution in [3.05, 3.63) is 71.9 Å². The van der Waals surface area contributed by atoms with E-state index in [4.69, 9.17) is 9.47 Å². The van der Waals surface area contributed by atoms with Crippen molar-refractivity contribution in [2.24, 2.45) is 0 Å². The van der Waals surface area contributed by atoms with Gasteiger partial charge < -0.3 is 25.4 Å². The second-order valence-electron chi connectivity index (χ2n) is 8.84. The number of rotatable bonds is 7. The number of urea groups is 1. The summed E-state index contributed by atoms with van der Waals surface area (Å²) in [5.41, 5.74) is 0.170. The Morgan fingerprint density at radius 2 is 1.63 bits per heavy atom.